The van der Waals surface area contributed by atoms with Gasteiger partial charge in [-0.05, 0) is 68.0 Å². The van der Waals surface area contributed by atoms with Crippen molar-refractivity contribution in [1.82, 2.24) is 5.16 Å². The molecule has 1 fully saturated rings. The van der Waals surface area contributed by atoms with Crippen LogP contribution in [0.1, 0.15) is 49.6 Å². The maximum atomic E-state index is 12.7. The minimum atomic E-state index is -0.594. The molecule has 1 aliphatic carbocycles. The fraction of sp³-hybridized carbons (Fsp3) is 0.258. The minimum absolute atomic E-state index is 0.139. The van der Waals surface area contributed by atoms with Crippen LogP contribution < -0.4 is 5.32 Å². The lowest BCUT2D eigenvalue weighted by Crippen LogP contribution is -2.23. The van der Waals surface area contributed by atoms with Crippen molar-refractivity contribution in [2.24, 2.45) is 0 Å². The summed E-state index contributed by atoms with van der Waals surface area (Å²) >= 11 is 3.44. The fourth-order valence-electron chi connectivity index (χ4n) is 4.63. The average molecular weight is 589 g/mol. The van der Waals surface area contributed by atoms with Crippen LogP contribution in [-0.4, -0.2) is 23.8 Å². The van der Waals surface area contributed by atoms with E-state index >= 15 is 0 Å². The van der Waals surface area contributed by atoms with Crippen LogP contribution >= 0.6 is 15.9 Å². The highest BCUT2D eigenvalue weighted by atomic mass is 79.9. The van der Waals surface area contributed by atoms with E-state index in [4.69, 9.17) is 14.0 Å². The van der Waals surface area contributed by atoms with E-state index in [-0.39, 0.29) is 5.97 Å². The summed E-state index contributed by atoms with van der Waals surface area (Å²) in [6, 6.07) is 23.5. The van der Waals surface area contributed by atoms with Crippen LogP contribution in [-0.2, 0) is 19.7 Å². The Morgan fingerprint density at radius 2 is 1.67 bits per heavy atom. The van der Waals surface area contributed by atoms with Crippen molar-refractivity contribution in [3.63, 3.8) is 0 Å². The van der Waals surface area contributed by atoms with Gasteiger partial charge in [-0.15, -0.1) is 0 Å². The Kier molecular flexibility index (Phi) is 7.57. The van der Waals surface area contributed by atoms with Crippen molar-refractivity contribution in [2.75, 3.05) is 11.9 Å². The molecule has 0 aliphatic heterocycles. The van der Waals surface area contributed by atoms with Gasteiger partial charge in [-0.2, -0.15) is 0 Å². The number of benzene rings is 3. The largest absolute Gasteiger partial charge is 0.465 e. The molecule has 1 N–H and O–H groups in total. The van der Waals surface area contributed by atoms with Gasteiger partial charge < -0.3 is 14.0 Å². The van der Waals surface area contributed by atoms with Crippen LogP contribution in [0, 0.1) is 6.92 Å². The average Bonchev–Trinajstić information content (AvgIpc) is 3.68. The Hall–Kier alpha value is -3.91. The first-order valence-corrected chi connectivity index (χ1v) is 13.7. The van der Waals surface area contributed by atoms with Gasteiger partial charge in [0.1, 0.15) is 17.5 Å². The fourth-order valence-corrected chi connectivity index (χ4v) is 5.05. The zero-order valence-electron chi connectivity index (χ0n) is 22.0. The van der Waals surface area contributed by atoms with Crippen molar-refractivity contribution in [2.45, 2.75) is 45.1 Å². The number of nitrogens with zero attached hydrogens (tertiary/aromatic N) is 1. The number of ether oxygens (including phenoxy) is 2. The first-order valence-electron chi connectivity index (χ1n) is 12.9. The molecule has 0 bridgehead atoms. The van der Waals surface area contributed by atoms with Gasteiger partial charge in [-0.3, -0.25) is 10.1 Å². The Morgan fingerprint density at radius 3 is 2.28 bits per heavy atom. The highest BCUT2D eigenvalue weighted by molar-refractivity contribution is 9.10. The number of hydrogen-bond acceptors (Lipinski definition) is 6. The molecule has 39 heavy (non-hydrogen) atoms. The zero-order chi connectivity index (χ0) is 27.6. The SMILES string of the molecule is CCOC(=O)C1(c2ccc(-c3ccc(-c4onc(C)c4NC(=O)OC(C)c4cccc(Br)c4)cc3)cc2)CC1. The second-order valence-electron chi connectivity index (χ2n) is 9.66. The van der Waals surface area contributed by atoms with E-state index in [0.29, 0.717) is 23.7 Å². The molecule has 4 aromatic rings. The van der Waals surface area contributed by atoms with Gasteiger partial charge in [0.15, 0.2) is 5.76 Å². The number of carbonyl (C=O) groups excluding carboxylic acids is 2. The molecule has 8 heteroatoms. The molecule has 3 aromatic carbocycles. The Bertz CT molecular complexity index is 1490. The molecule has 1 aliphatic rings. The molecule has 0 radical (unpaired) electrons. The standard InChI is InChI=1S/C31H29BrN2O5/c1-4-37-29(35)31(16-17-31)25-14-12-22(13-15-25)21-8-10-23(11-9-21)28-27(19(2)34-39-28)33-30(36)38-20(3)24-6-5-7-26(32)18-24/h5-15,18,20H,4,16-17H2,1-3H3,(H,33,36). The lowest BCUT2D eigenvalue weighted by molar-refractivity contribution is -0.146. The normalized spacial score (nSPS) is 14.4. The van der Waals surface area contributed by atoms with E-state index < -0.39 is 17.6 Å². The zero-order valence-corrected chi connectivity index (χ0v) is 23.6. The maximum absolute atomic E-state index is 12.7. The van der Waals surface area contributed by atoms with E-state index in [1.807, 2.05) is 86.6 Å². The lowest BCUT2D eigenvalue weighted by atomic mass is 9.93. The van der Waals surface area contributed by atoms with Crippen molar-refractivity contribution >= 4 is 33.7 Å². The quantitative estimate of drug-likeness (QED) is 0.210. The number of rotatable bonds is 8. The van der Waals surface area contributed by atoms with E-state index in [2.05, 4.69) is 26.4 Å². The summed E-state index contributed by atoms with van der Waals surface area (Å²) in [4.78, 5) is 25.1. The van der Waals surface area contributed by atoms with E-state index in [1.165, 1.54) is 0 Å². The van der Waals surface area contributed by atoms with Crippen molar-refractivity contribution < 1.29 is 23.6 Å². The minimum Gasteiger partial charge on any atom is -0.465 e. The summed E-state index contributed by atoms with van der Waals surface area (Å²) in [7, 11) is 0. The molecule has 0 spiro atoms. The molecular formula is C31H29BrN2O5. The summed E-state index contributed by atoms with van der Waals surface area (Å²) in [6.07, 6.45) is 0.610. The summed E-state index contributed by atoms with van der Waals surface area (Å²) in [5, 5.41) is 6.85. The first kappa shape index (κ1) is 26.7. The van der Waals surface area contributed by atoms with Crippen LogP contribution in [0.2, 0.25) is 0 Å². The molecule has 7 nitrogen and oxygen atoms in total. The number of aryl methyl sites for hydroxylation is 1. The second-order valence-corrected chi connectivity index (χ2v) is 10.6. The number of amides is 1. The number of esters is 1. The smallest absolute Gasteiger partial charge is 0.412 e. The third-order valence-corrected chi connectivity index (χ3v) is 7.52. The Morgan fingerprint density at radius 1 is 1.03 bits per heavy atom. The maximum Gasteiger partial charge on any atom is 0.412 e. The Balaban J connectivity index is 1.28. The number of nitrogens with one attached hydrogen (secondary N) is 1. The molecule has 1 aromatic heterocycles. The molecule has 1 amide bonds. The van der Waals surface area contributed by atoms with Crippen LogP contribution in [0.5, 0.6) is 0 Å². The molecule has 1 heterocycles. The van der Waals surface area contributed by atoms with Gasteiger partial charge in [0.2, 0.25) is 0 Å². The van der Waals surface area contributed by atoms with E-state index in [9.17, 15) is 9.59 Å². The second kappa shape index (κ2) is 11.1. The predicted octanol–water partition coefficient (Wildman–Crippen LogP) is 7.98. The highest BCUT2D eigenvalue weighted by Gasteiger charge is 2.52. The van der Waals surface area contributed by atoms with E-state index in [0.717, 1.165) is 45.1 Å². The topological polar surface area (TPSA) is 90.7 Å². The molecule has 1 atom stereocenters. The van der Waals surface area contributed by atoms with Crippen molar-refractivity contribution in [3.05, 3.63) is 94.1 Å². The molecule has 1 unspecified atom stereocenters. The van der Waals surface area contributed by atoms with Crippen LogP contribution in [0.3, 0.4) is 0 Å². The van der Waals surface area contributed by atoms with Crippen molar-refractivity contribution in [1.29, 1.82) is 0 Å². The third kappa shape index (κ3) is 5.61. The summed E-state index contributed by atoms with van der Waals surface area (Å²) < 4.78 is 17.3. The van der Waals surface area contributed by atoms with Gasteiger partial charge >= 0.3 is 12.1 Å². The van der Waals surface area contributed by atoms with Crippen LogP contribution in [0.15, 0.2) is 81.8 Å². The first-order chi connectivity index (χ1) is 18.8. The van der Waals surface area contributed by atoms with Gasteiger partial charge in [0.05, 0.1) is 12.0 Å². The van der Waals surface area contributed by atoms with Crippen molar-refractivity contribution in [3.8, 4) is 22.5 Å². The molecule has 1 saturated carbocycles. The number of hydrogen-bond donors (Lipinski definition) is 1. The van der Waals surface area contributed by atoms with Gasteiger partial charge in [-0.1, -0.05) is 81.8 Å². The number of halogens is 1. The van der Waals surface area contributed by atoms with Crippen LogP contribution in [0.4, 0.5) is 10.5 Å². The molecule has 200 valence electrons. The lowest BCUT2D eigenvalue weighted by Gasteiger charge is -2.15. The molecular weight excluding hydrogens is 560 g/mol. The van der Waals surface area contributed by atoms with Gasteiger partial charge in [-0.25, -0.2) is 4.79 Å². The number of anilines is 1. The molecule has 5 rings (SSSR count). The highest BCUT2D eigenvalue weighted by Crippen LogP contribution is 2.49. The monoisotopic (exact) mass is 588 g/mol. The number of aromatic nitrogens is 1. The summed E-state index contributed by atoms with van der Waals surface area (Å²) in [5.74, 6) is 0.312. The van der Waals surface area contributed by atoms with Gasteiger partial charge in [0.25, 0.3) is 0 Å². The summed E-state index contributed by atoms with van der Waals surface area (Å²) in [6.45, 7) is 5.80. The third-order valence-electron chi connectivity index (χ3n) is 7.03. The number of carbonyl (C=O) groups is 2. The summed E-state index contributed by atoms with van der Waals surface area (Å²) in [5.41, 5.74) is 5.21. The van der Waals surface area contributed by atoms with E-state index in [1.54, 1.807) is 6.92 Å². The van der Waals surface area contributed by atoms with Crippen LogP contribution in [0.25, 0.3) is 22.5 Å². The predicted molar refractivity (Wildman–Crippen MR) is 152 cm³/mol. The Labute approximate surface area is 235 Å². The van der Waals surface area contributed by atoms with Gasteiger partial charge in [0, 0.05) is 10.0 Å². The molecule has 0 saturated heterocycles.